The number of ether oxygens (including phenoxy) is 3. The molecular formula is C26H23FN2O3. The predicted molar refractivity (Wildman–Crippen MR) is 119 cm³/mol. The van der Waals surface area contributed by atoms with Gasteiger partial charge in [0, 0.05) is 6.07 Å². The van der Waals surface area contributed by atoms with E-state index in [1.807, 2.05) is 67.6 Å². The smallest absolute Gasteiger partial charge is 0.276 e. The van der Waals surface area contributed by atoms with Crippen LogP contribution in [0.15, 0.2) is 84.9 Å². The van der Waals surface area contributed by atoms with Gasteiger partial charge in [0.15, 0.2) is 17.3 Å². The summed E-state index contributed by atoms with van der Waals surface area (Å²) in [5.74, 6) is 0.479. The van der Waals surface area contributed by atoms with Crippen molar-refractivity contribution in [2.75, 3.05) is 0 Å². The fourth-order valence-corrected chi connectivity index (χ4v) is 3.01. The molecule has 0 atom stereocenters. The highest BCUT2D eigenvalue weighted by Crippen LogP contribution is 2.27. The lowest BCUT2D eigenvalue weighted by Gasteiger charge is -2.13. The molecule has 162 valence electrons. The van der Waals surface area contributed by atoms with Crippen LogP contribution >= 0.6 is 0 Å². The molecule has 0 unspecified atom stereocenters. The summed E-state index contributed by atoms with van der Waals surface area (Å²) in [6.07, 6.45) is 0. The number of benzene rings is 3. The second-order valence-corrected chi connectivity index (χ2v) is 7.28. The molecule has 0 fully saturated rings. The number of hydrogen-bond acceptors (Lipinski definition) is 5. The van der Waals surface area contributed by atoms with E-state index in [9.17, 15) is 4.39 Å². The zero-order valence-corrected chi connectivity index (χ0v) is 17.7. The molecule has 0 aliphatic rings. The van der Waals surface area contributed by atoms with Crippen molar-refractivity contribution in [2.24, 2.45) is 0 Å². The Morgan fingerprint density at radius 1 is 0.656 bits per heavy atom. The van der Waals surface area contributed by atoms with E-state index in [1.165, 1.54) is 6.07 Å². The van der Waals surface area contributed by atoms with Crippen LogP contribution < -0.4 is 14.2 Å². The van der Waals surface area contributed by atoms with Crippen LogP contribution in [0.5, 0.6) is 17.4 Å². The molecular weight excluding hydrogens is 407 g/mol. The Labute approximate surface area is 186 Å². The minimum Gasteiger partial charge on any atom is -0.484 e. The van der Waals surface area contributed by atoms with Crippen LogP contribution in [0, 0.1) is 12.7 Å². The van der Waals surface area contributed by atoms with Crippen LogP contribution in [0.3, 0.4) is 0 Å². The van der Waals surface area contributed by atoms with E-state index in [0.29, 0.717) is 24.7 Å². The van der Waals surface area contributed by atoms with Gasteiger partial charge >= 0.3 is 0 Å². The van der Waals surface area contributed by atoms with Crippen molar-refractivity contribution in [3.63, 3.8) is 0 Å². The molecule has 3 aromatic carbocycles. The first-order chi connectivity index (χ1) is 15.7. The molecule has 0 spiro atoms. The van der Waals surface area contributed by atoms with Crippen molar-refractivity contribution in [3.05, 3.63) is 113 Å². The van der Waals surface area contributed by atoms with Gasteiger partial charge in [0.1, 0.15) is 25.5 Å². The van der Waals surface area contributed by atoms with Gasteiger partial charge in [0.2, 0.25) is 0 Å². The van der Waals surface area contributed by atoms with Crippen LogP contribution in [0.25, 0.3) is 0 Å². The van der Waals surface area contributed by atoms with Gasteiger partial charge in [-0.3, -0.25) is 0 Å². The molecule has 0 aliphatic carbocycles. The first-order valence-corrected chi connectivity index (χ1v) is 10.3. The Morgan fingerprint density at radius 2 is 1.28 bits per heavy atom. The normalized spacial score (nSPS) is 10.6. The van der Waals surface area contributed by atoms with E-state index in [4.69, 9.17) is 14.2 Å². The standard InChI is InChI=1S/C26H23FN2O3/c1-19-12-13-24(23(27)14-19)31-18-22-15-25(30-16-20-8-4-2-5-9-20)26(29-28-22)32-17-21-10-6-3-7-11-21/h2-15H,16-18H2,1H3. The van der Waals surface area contributed by atoms with E-state index in [2.05, 4.69) is 10.2 Å². The van der Waals surface area contributed by atoms with Crippen molar-refractivity contribution in [3.8, 4) is 17.4 Å². The van der Waals surface area contributed by atoms with Gasteiger partial charge < -0.3 is 14.2 Å². The molecule has 1 heterocycles. The highest BCUT2D eigenvalue weighted by atomic mass is 19.1. The topological polar surface area (TPSA) is 53.5 Å². The summed E-state index contributed by atoms with van der Waals surface area (Å²) in [4.78, 5) is 0. The molecule has 32 heavy (non-hydrogen) atoms. The quantitative estimate of drug-likeness (QED) is 0.343. The lowest BCUT2D eigenvalue weighted by Crippen LogP contribution is -2.07. The molecule has 6 heteroatoms. The minimum absolute atomic E-state index is 0.0492. The maximum absolute atomic E-state index is 14.1. The number of hydrogen-bond donors (Lipinski definition) is 0. The second kappa shape index (κ2) is 10.4. The zero-order chi connectivity index (χ0) is 22.2. The minimum atomic E-state index is -0.415. The fourth-order valence-electron chi connectivity index (χ4n) is 3.01. The molecule has 0 saturated heterocycles. The largest absolute Gasteiger partial charge is 0.484 e. The van der Waals surface area contributed by atoms with E-state index in [-0.39, 0.29) is 18.2 Å². The summed E-state index contributed by atoms with van der Waals surface area (Å²) in [6, 6.07) is 26.1. The van der Waals surface area contributed by atoms with Crippen molar-refractivity contribution in [1.82, 2.24) is 10.2 Å². The molecule has 4 rings (SSSR count). The van der Waals surface area contributed by atoms with E-state index in [1.54, 1.807) is 18.2 Å². The summed E-state index contributed by atoms with van der Waals surface area (Å²) in [6.45, 7) is 2.55. The summed E-state index contributed by atoms with van der Waals surface area (Å²) in [7, 11) is 0. The SMILES string of the molecule is Cc1ccc(OCc2cc(OCc3ccccc3)c(OCc3ccccc3)nn2)c(F)c1. The fraction of sp³-hybridized carbons (Fsp3) is 0.154. The monoisotopic (exact) mass is 430 g/mol. The van der Waals surface area contributed by atoms with Gasteiger partial charge in [-0.25, -0.2) is 4.39 Å². The Hall–Kier alpha value is -3.93. The molecule has 1 aromatic heterocycles. The third-order valence-electron chi connectivity index (χ3n) is 4.70. The third kappa shape index (κ3) is 5.82. The van der Waals surface area contributed by atoms with Crippen LogP contribution in [-0.2, 0) is 19.8 Å². The molecule has 0 amide bonds. The van der Waals surface area contributed by atoms with Gasteiger partial charge in [-0.1, -0.05) is 66.7 Å². The van der Waals surface area contributed by atoms with Crippen LogP contribution in [-0.4, -0.2) is 10.2 Å². The highest BCUT2D eigenvalue weighted by Gasteiger charge is 2.13. The van der Waals surface area contributed by atoms with Crippen LogP contribution in [0.2, 0.25) is 0 Å². The zero-order valence-electron chi connectivity index (χ0n) is 17.7. The Morgan fingerprint density at radius 3 is 1.94 bits per heavy atom. The first kappa shape index (κ1) is 21.3. The van der Waals surface area contributed by atoms with Crippen LogP contribution in [0.1, 0.15) is 22.4 Å². The molecule has 4 aromatic rings. The van der Waals surface area contributed by atoms with Crippen molar-refractivity contribution in [1.29, 1.82) is 0 Å². The van der Waals surface area contributed by atoms with Gasteiger partial charge in [-0.05, 0) is 35.7 Å². The summed E-state index contributed by atoms with van der Waals surface area (Å²) >= 11 is 0. The second-order valence-electron chi connectivity index (χ2n) is 7.28. The van der Waals surface area contributed by atoms with E-state index >= 15 is 0 Å². The highest BCUT2D eigenvalue weighted by molar-refractivity contribution is 5.35. The van der Waals surface area contributed by atoms with Crippen molar-refractivity contribution in [2.45, 2.75) is 26.7 Å². The number of aryl methyl sites for hydroxylation is 1. The first-order valence-electron chi connectivity index (χ1n) is 10.3. The summed E-state index contributed by atoms with van der Waals surface area (Å²) < 4.78 is 31.5. The average molecular weight is 430 g/mol. The molecule has 0 radical (unpaired) electrons. The van der Waals surface area contributed by atoms with E-state index < -0.39 is 5.82 Å². The number of nitrogens with zero attached hydrogens (tertiary/aromatic N) is 2. The maximum Gasteiger partial charge on any atom is 0.276 e. The maximum atomic E-state index is 14.1. The van der Waals surface area contributed by atoms with Crippen molar-refractivity contribution < 1.29 is 18.6 Å². The van der Waals surface area contributed by atoms with Gasteiger partial charge in [-0.15, -0.1) is 10.2 Å². The van der Waals surface area contributed by atoms with Gasteiger partial charge in [-0.2, -0.15) is 0 Å². The van der Waals surface area contributed by atoms with Crippen molar-refractivity contribution >= 4 is 0 Å². The van der Waals surface area contributed by atoms with Gasteiger partial charge in [0.25, 0.3) is 5.88 Å². The summed E-state index contributed by atoms with van der Waals surface area (Å²) in [5, 5.41) is 8.35. The average Bonchev–Trinajstić information content (AvgIpc) is 2.83. The lowest BCUT2D eigenvalue weighted by molar-refractivity contribution is 0.239. The lowest BCUT2D eigenvalue weighted by atomic mass is 10.2. The predicted octanol–water partition coefficient (Wildman–Crippen LogP) is 5.66. The number of halogens is 1. The molecule has 0 bridgehead atoms. The molecule has 0 saturated carbocycles. The molecule has 5 nitrogen and oxygen atoms in total. The van der Waals surface area contributed by atoms with Gasteiger partial charge in [0.05, 0.1) is 0 Å². The van der Waals surface area contributed by atoms with E-state index in [0.717, 1.165) is 16.7 Å². The number of rotatable bonds is 9. The van der Waals surface area contributed by atoms with Crippen LogP contribution in [0.4, 0.5) is 4.39 Å². The number of aromatic nitrogens is 2. The third-order valence-corrected chi connectivity index (χ3v) is 4.70. The summed E-state index contributed by atoms with van der Waals surface area (Å²) in [5.41, 5.74) is 3.34. The molecule has 0 aliphatic heterocycles. The molecule has 0 N–H and O–H groups in total. The Bertz CT molecular complexity index is 1150. The Balaban J connectivity index is 1.49. The Kier molecular flexibility index (Phi) is 6.92.